The van der Waals surface area contributed by atoms with Crippen LogP contribution in [0.4, 0.5) is 13.2 Å². The zero-order valence-electron chi connectivity index (χ0n) is 20.6. The molecular formula is C25H24F3N3O6S. The number of benzene rings is 2. The number of halogens is 3. The van der Waals surface area contributed by atoms with Gasteiger partial charge in [-0.2, -0.15) is 13.2 Å². The van der Waals surface area contributed by atoms with E-state index in [1.165, 1.54) is 32.5 Å². The molecule has 0 saturated carbocycles. The van der Waals surface area contributed by atoms with Crippen molar-refractivity contribution in [2.75, 3.05) is 20.8 Å². The lowest BCUT2D eigenvalue weighted by Crippen LogP contribution is -2.20. The van der Waals surface area contributed by atoms with Crippen molar-refractivity contribution in [2.24, 2.45) is 0 Å². The Morgan fingerprint density at radius 1 is 0.947 bits per heavy atom. The predicted octanol–water partition coefficient (Wildman–Crippen LogP) is 4.78. The molecule has 202 valence electrons. The average Bonchev–Trinajstić information content (AvgIpc) is 3.31. The van der Waals surface area contributed by atoms with Gasteiger partial charge in [-0.25, -0.2) is 13.4 Å². The molecule has 9 nitrogen and oxygen atoms in total. The van der Waals surface area contributed by atoms with E-state index in [9.17, 15) is 21.6 Å². The number of hydrogen-bond donors (Lipinski definition) is 1. The van der Waals surface area contributed by atoms with E-state index in [4.69, 9.17) is 18.9 Å². The monoisotopic (exact) mass is 551 g/mol. The number of aromatic nitrogens is 3. The van der Waals surface area contributed by atoms with Gasteiger partial charge in [0.15, 0.2) is 18.1 Å². The standard InChI is InChI=1S/C25H24F3N3O6S/c1-15-20(29-9-8-21(15)37-14-25(26,27)28)12-36-22-7-4-16(10-23(22)35-3)13-38(32,33)24-30-18-6-5-17(34-2)11-19(18)31-24/h4-11H,12-14H2,1-3H3,(H,30,31). The van der Waals surface area contributed by atoms with Crippen LogP contribution >= 0.6 is 0 Å². The highest BCUT2D eigenvalue weighted by molar-refractivity contribution is 7.90. The third-order valence-electron chi connectivity index (χ3n) is 5.56. The molecule has 38 heavy (non-hydrogen) atoms. The highest BCUT2D eigenvalue weighted by atomic mass is 32.2. The molecular weight excluding hydrogens is 527 g/mol. The lowest BCUT2D eigenvalue weighted by molar-refractivity contribution is -0.153. The number of hydrogen-bond acceptors (Lipinski definition) is 8. The highest BCUT2D eigenvalue weighted by Gasteiger charge is 2.29. The molecule has 4 aromatic rings. The number of sulfone groups is 1. The second-order valence-corrected chi connectivity index (χ2v) is 10.1. The Labute approximate surface area is 216 Å². The van der Waals surface area contributed by atoms with Gasteiger partial charge in [0.25, 0.3) is 0 Å². The van der Waals surface area contributed by atoms with Crippen LogP contribution in [0.15, 0.2) is 53.8 Å². The summed E-state index contributed by atoms with van der Waals surface area (Å²) < 4.78 is 84.7. The van der Waals surface area contributed by atoms with Crippen molar-refractivity contribution in [3.05, 3.63) is 65.5 Å². The first-order valence-electron chi connectivity index (χ1n) is 11.2. The topological polar surface area (TPSA) is 113 Å². The molecule has 0 saturated heterocycles. The maximum atomic E-state index is 13.0. The van der Waals surface area contributed by atoms with Gasteiger partial charge in [0.2, 0.25) is 15.0 Å². The molecule has 0 aliphatic heterocycles. The predicted molar refractivity (Wildman–Crippen MR) is 131 cm³/mol. The second kappa shape index (κ2) is 10.8. The Kier molecular flexibility index (Phi) is 7.67. The third kappa shape index (κ3) is 6.28. The minimum atomic E-state index is -4.47. The number of alkyl halides is 3. The largest absolute Gasteiger partial charge is 0.497 e. The Balaban J connectivity index is 1.48. The normalized spacial score (nSPS) is 11.9. The molecule has 0 aliphatic rings. The summed E-state index contributed by atoms with van der Waals surface area (Å²) in [5.74, 6) is 0.838. The van der Waals surface area contributed by atoms with E-state index in [2.05, 4.69) is 15.0 Å². The molecule has 0 unspecified atom stereocenters. The summed E-state index contributed by atoms with van der Waals surface area (Å²) in [7, 11) is -0.905. The Hall–Kier alpha value is -4.00. The molecule has 2 aromatic heterocycles. The van der Waals surface area contributed by atoms with E-state index in [0.717, 1.165) is 0 Å². The molecule has 0 spiro atoms. The number of fused-ring (bicyclic) bond motifs is 1. The van der Waals surface area contributed by atoms with Crippen LogP contribution < -0.4 is 18.9 Å². The summed E-state index contributed by atoms with van der Waals surface area (Å²) in [6, 6.07) is 11.0. The number of nitrogens with zero attached hydrogens (tertiary/aromatic N) is 2. The van der Waals surface area contributed by atoms with Gasteiger partial charge < -0.3 is 23.9 Å². The first-order valence-corrected chi connectivity index (χ1v) is 12.8. The maximum absolute atomic E-state index is 13.0. The highest BCUT2D eigenvalue weighted by Crippen LogP contribution is 2.31. The van der Waals surface area contributed by atoms with Crippen LogP contribution in [0.2, 0.25) is 0 Å². The number of rotatable bonds is 10. The van der Waals surface area contributed by atoms with Crippen LogP contribution in [-0.2, 0) is 22.2 Å². The van der Waals surface area contributed by atoms with Crippen LogP contribution in [0, 0.1) is 6.92 Å². The van der Waals surface area contributed by atoms with Crippen molar-refractivity contribution in [2.45, 2.75) is 30.6 Å². The number of methoxy groups -OCH3 is 2. The molecule has 2 aromatic carbocycles. The third-order valence-corrected chi connectivity index (χ3v) is 7.06. The summed E-state index contributed by atoms with van der Waals surface area (Å²) in [6.45, 7) is 0.0841. The van der Waals surface area contributed by atoms with Gasteiger partial charge in [-0.15, -0.1) is 0 Å². The van der Waals surface area contributed by atoms with E-state index in [0.29, 0.717) is 39.4 Å². The first-order chi connectivity index (χ1) is 18.0. The van der Waals surface area contributed by atoms with Gasteiger partial charge in [0, 0.05) is 17.8 Å². The Bertz CT molecular complexity index is 1550. The van der Waals surface area contributed by atoms with Crippen molar-refractivity contribution in [3.63, 3.8) is 0 Å². The lowest BCUT2D eigenvalue weighted by Gasteiger charge is -2.15. The van der Waals surface area contributed by atoms with Crippen LogP contribution in [0.1, 0.15) is 16.8 Å². The molecule has 0 amide bonds. The van der Waals surface area contributed by atoms with Gasteiger partial charge in [0.05, 0.1) is 36.7 Å². The Morgan fingerprint density at radius 2 is 1.74 bits per heavy atom. The minimum Gasteiger partial charge on any atom is -0.497 e. The fourth-order valence-electron chi connectivity index (χ4n) is 3.61. The fourth-order valence-corrected chi connectivity index (χ4v) is 4.87. The molecule has 2 heterocycles. The van der Waals surface area contributed by atoms with Gasteiger partial charge >= 0.3 is 6.18 Å². The van der Waals surface area contributed by atoms with Gasteiger partial charge in [-0.1, -0.05) is 6.07 Å². The first kappa shape index (κ1) is 27.0. The zero-order chi connectivity index (χ0) is 27.5. The second-order valence-electron chi connectivity index (χ2n) is 8.24. The van der Waals surface area contributed by atoms with Gasteiger partial charge in [0.1, 0.15) is 18.1 Å². The summed E-state index contributed by atoms with van der Waals surface area (Å²) in [4.78, 5) is 11.2. The minimum absolute atomic E-state index is 0.0486. The molecule has 0 aliphatic carbocycles. The number of pyridine rings is 1. The van der Waals surface area contributed by atoms with Crippen LogP contribution in [-0.4, -0.2) is 50.4 Å². The van der Waals surface area contributed by atoms with E-state index in [1.54, 1.807) is 37.3 Å². The van der Waals surface area contributed by atoms with Crippen molar-refractivity contribution in [3.8, 4) is 23.0 Å². The fraction of sp³-hybridized carbons (Fsp3) is 0.280. The molecule has 13 heteroatoms. The molecule has 0 bridgehead atoms. The Morgan fingerprint density at radius 3 is 2.45 bits per heavy atom. The summed E-state index contributed by atoms with van der Waals surface area (Å²) in [5.41, 5.74) is 2.23. The molecule has 0 radical (unpaired) electrons. The molecule has 1 N–H and O–H groups in total. The summed E-state index contributed by atoms with van der Waals surface area (Å²) in [6.07, 6.45) is -3.14. The van der Waals surface area contributed by atoms with Crippen molar-refractivity contribution in [1.82, 2.24) is 15.0 Å². The summed E-state index contributed by atoms with van der Waals surface area (Å²) in [5, 5.41) is -0.172. The van der Waals surface area contributed by atoms with Crippen LogP contribution in [0.3, 0.4) is 0 Å². The maximum Gasteiger partial charge on any atom is 0.422 e. The van der Waals surface area contributed by atoms with E-state index in [1.807, 2.05) is 0 Å². The lowest BCUT2D eigenvalue weighted by atomic mass is 10.2. The van der Waals surface area contributed by atoms with Crippen molar-refractivity contribution >= 4 is 20.9 Å². The van der Waals surface area contributed by atoms with E-state index in [-0.39, 0.29) is 29.0 Å². The van der Waals surface area contributed by atoms with E-state index >= 15 is 0 Å². The van der Waals surface area contributed by atoms with Gasteiger partial charge in [-0.3, -0.25) is 4.98 Å². The molecule has 0 atom stereocenters. The number of aromatic amines is 1. The van der Waals surface area contributed by atoms with Gasteiger partial charge in [-0.05, 0) is 42.8 Å². The zero-order valence-corrected chi connectivity index (χ0v) is 21.4. The van der Waals surface area contributed by atoms with Crippen molar-refractivity contribution < 1.29 is 40.5 Å². The van der Waals surface area contributed by atoms with Crippen LogP contribution in [0.25, 0.3) is 11.0 Å². The quantitative estimate of drug-likeness (QED) is 0.300. The number of ether oxygens (including phenoxy) is 4. The molecule has 4 rings (SSSR count). The van der Waals surface area contributed by atoms with Crippen molar-refractivity contribution in [1.29, 1.82) is 0 Å². The number of imidazole rings is 1. The summed E-state index contributed by atoms with van der Waals surface area (Å²) >= 11 is 0. The molecule has 0 fully saturated rings. The SMILES string of the molecule is COc1ccc2nc(S(=O)(=O)Cc3ccc(OCc4nccc(OCC(F)(F)F)c4C)c(OC)c3)[nH]c2c1. The smallest absolute Gasteiger partial charge is 0.422 e. The number of H-pyrrole nitrogens is 1. The van der Waals surface area contributed by atoms with E-state index < -0.39 is 22.6 Å². The number of nitrogens with one attached hydrogen (secondary N) is 1. The average molecular weight is 552 g/mol. The van der Waals surface area contributed by atoms with Crippen LogP contribution in [0.5, 0.6) is 23.0 Å².